The first-order valence-corrected chi connectivity index (χ1v) is 3.59. The Balaban J connectivity index is 4.08. The van der Waals surface area contributed by atoms with Crippen molar-refractivity contribution in [3.8, 4) is 12.3 Å². The van der Waals surface area contributed by atoms with Crippen molar-refractivity contribution in [2.24, 2.45) is 5.92 Å². The van der Waals surface area contributed by atoms with E-state index in [9.17, 15) is 4.79 Å². The van der Waals surface area contributed by atoms with E-state index >= 15 is 0 Å². The molecule has 0 unspecified atom stereocenters. The van der Waals surface area contributed by atoms with E-state index in [1.165, 1.54) is 0 Å². The van der Waals surface area contributed by atoms with Crippen molar-refractivity contribution in [3.63, 3.8) is 0 Å². The minimum Gasteiger partial charge on any atom is -0.446 e. The average Bonchev–Trinajstić information content (AvgIpc) is 1.87. The van der Waals surface area contributed by atoms with Gasteiger partial charge in [0.2, 0.25) is 0 Å². The topological polar surface area (TPSA) is 26.3 Å². The summed E-state index contributed by atoms with van der Waals surface area (Å²) >= 11 is 0. The van der Waals surface area contributed by atoms with Gasteiger partial charge in [-0.2, -0.15) is 0 Å². The third kappa shape index (κ3) is 3.67. The molecular weight excluding hydrogens is 140 g/mol. The van der Waals surface area contributed by atoms with Gasteiger partial charge in [0.1, 0.15) is 0 Å². The van der Waals surface area contributed by atoms with Gasteiger partial charge in [0.25, 0.3) is 0 Å². The van der Waals surface area contributed by atoms with Gasteiger partial charge in [0, 0.05) is 0 Å². The first kappa shape index (κ1) is 10.0. The Morgan fingerprint density at radius 1 is 1.55 bits per heavy atom. The molecule has 0 aromatic rings. The predicted molar refractivity (Wildman–Crippen MR) is 43.8 cm³/mol. The molecule has 0 saturated carbocycles. The van der Waals surface area contributed by atoms with Gasteiger partial charge >= 0.3 is 5.97 Å². The predicted octanol–water partition coefficient (Wildman–Crippen LogP) is 1.60. The van der Waals surface area contributed by atoms with Crippen LogP contribution in [0.1, 0.15) is 27.7 Å². The Morgan fingerprint density at radius 2 is 2.00 bits per heavy atom. The number of carbonyl (C=O) groups is 1. The van der Waals surface area contributed by atoms with Gasteiger partial charge in [0.15, 0.2) is 5.60 Å². The molecule has 0 amide bonds. The van der Waals surface area contributed by atoms with Gasteiger partial charge in [-0.15, -0.1) is 6.42 Å². The zero-order chi connectivity index (χ0) is 9.07. The number of ether oxygens (including phenoxy) is 1. The molecule has 0 aliphatic carbocycles. The lowest BCUT2D eigenvalue weighted by Crippen LogP contribution is -2.28. The second-order valence-corrected chi connectivity index (χ2v) is 3.23. The Morgan fingerprint density at radius 3 is 2.27 bits per heavy atom. The lowest BCUT2D eigenvalue weighted by molar-refractivity contribution is -0.155. The second kappa shape index (κ2) is 3.43. The number of rotatable bonds is 2. The van der Waals surface area contributed by atoms with Crippen LogP contribution in [-0.4, -0.2) is 11.6 Å². The molecule has 0 N–H and O–H groups in total. The Kier molecular flexibility index (Phi) is 3.13. The maximum absolute atomic E-state index is 11.0. The fraction of sp³-hybridized carbons (Fsp3) is 0.667. The van der Waals surface area contributed by atoms with Crippen molar-refractivity contribution in [1.29, 1.82) is 0 Å². The summed E-state index contributed by atoms with van der Waals surface area (Å²) in [4.78, 5) is 11.0. The maximum atomic E-state index is 11.0. The zero-order valence-electron chi connectivity index (χ0n) is 7.47. The molecule has 0 aliphatic heterocycles. The maximum Gasteiger partial charge on any atom is 0.309 e. The molecule has 0 radical (unpaired) electrons. The molecule has 0 atom stereocenters. The van der Waals surface area contributed by atoms with E-state index < -0.39 is 5.60 Å². The summed E-state index contributed by atoms with van der Waals surface area (Å²) in [5, 5.41) is 0. The van der Waals surface area contributed by atoms with E-state index in [1.807, 2.05) is 0 Å². The molecule has 2 nitrogen and oxygen atoms in total. The summed E-state index contributed by atoms with van der Waals surface area (Å²) in [5.41, 5.74) is -0.776. The van der Waals surface area contributed by atoms with E-state index in [0.29, 0.717) is 0 Å². The van der Waals surface area contributed by atoms with Crippen molar-refractivity contribution in [1.82, 2.24) is 0 Å². The molecule has 0 heterocycles. The van der Waals surface area contributed by atoms with Gasteiger partial charge in [-0.1, -0.05) is 19.8 Å². The third-order valence-electron chi connectivity index (χ3n) is 1.17. The molecule has 0 aromatic carbocycles. The molecule has 0 bridgehead atoms. The van der Waals surface area contributed by atoms with Crippen LogP contribution in [0.5, 0.6) is 0 Å². The Labute approximate surface area is 67.9 Å². The van der Waals surface area contributed by atoms with Gasteiger partial charge < -0.3 is 4.74 Å². The van der Waals surface area contributed by atoms with Crippen molar-refractivity contribution in [2.45, 2.75) is 33.3 Å². The van der Waals surface area contributed by atoms with Crippen LogP contribution in [0, 0.1) is 18.3 Å². The van der Waals surface area contributed by atoms with Gasteiger partial charge in [-0.05, 0) is 13.8 Å². The largest absolute Gasteiger partial charge is 0.446 e. The van der Waals surface area contributed by atoms with Crippen LogP contribution in [0.15, 0.2) is 0 Å². The first-order valence-electron chi connectivity index (χ1n) is 3.59. The standard InChI is InChI=1S/C9H14O2/c1-6-9(4,5)11-8(10)7(2)3/h1,7H,2-5H3. The number of esters is 1. The van der Waals surface area contributed by atoms with Crippen LogP contribution < -0.4 is 0 Å². The molecule has 0 spiro atoms. The number of carbonyl (C=O) groups excluding carboxylic acids is 1. The average molecular weight is 154 g/mol. The number of hydrogen-bond acceptors (Lipinski definition) is 2. The van der Waals surface area contributed by atoms with Crippen LogP contribution in [0.4, 0.5) is 0 Å². The normalized spacial score (nSPS) is 10.9. The first-order chi connectivity index (χ1) is 4.89. The second-order valence-electron chi connectivity index (χ2n) is 3.23. The van der Waals surface area contributed by atoms with Crippen molar-refractivity contribution >= 4 is 5.97 Å². The molecule has 2 heteroatoms. The number of hydrogen-bond donors (Lipinski definition) is 0. The minimum absolute atomic E-state index is 0.123. The Bertz CT molecular complexity index is 184. The summed E-state index contributed by atoms with van der Waals surface area (Å²) < 4.78 is 4.97. The zero-order valence-corrected chi connectivity index (χ0v) is 7.47. The lowest BCUT2D eigenvalue weighted by atomic mass is 10.1. The lowest BCUT2D eigenvalue weighted by Gasteiger charge is -2.19. The highest BCUT2D eigenvalue weighted by Crippen LogP contribution is 2.10. The highest BCUT2D eigenvalue weighted by Gasteiger charge is 2.20. The molecule has 62 valence electrons. The highest BCUT2D eigenvalue weighted by atomic mass is 16.6. The van der Waals surface area contributed by atoms with E-state index in [4.69, 9.17) is 11.2 Å². The fourth-order valence-corrected chi connectivity index (χ4v) is 0.399. The molecule has 0 aromatic heterocycles. The van der Waals surface area contributed by atoms with Crippen LogP contribution in [0.2, 0.25) is 0 Å². The monoisotopic (exact) mass is 154 g/mol. The Hall–Kier alpha value is -0.970. The SMILES string of the molecule is C#CC(C)(C)OC(=O)C(C)C. The summed E-state index contributed by atoms with van der Waals surface area (Å²) in [5.74, 6) is 2.00. The van der Waals surface area contributed by atoms with Gasteiger partial charge in [0.05, 0.1) is 5.92 Å². The highest BCUT2D eigenvalue weighted by molar-refractivity contribution is 5.72. The third-order valence-corrected chi connectivity index (χ3v) is 1.17. The molecule has 0 fully saturated rings. The van der Waals surface area contributed by atoms with Crippen molar-refractivity contribution in [3.05, 3.63) is 0 Å². The quantitative estimate of drug-likeness (QED) is 0.446. The molecule has 0 saturated heterocycles. The van der Waals surface area contributed by atoms with Crippen LogP contribution >= 0.6 is 0 Å². The summed E-state index contributed by atoms with van der Waals surface area (Å²) in [6, 6.07) is 0. The molecular formula is C9H14O2. The van der Waals surface area contributed by atoms with E-state index in [-0.39, 0.29) is 11.9 Å². The van der Waals surface area contributed by atoms with E-state index in [2.05, 4.69) is 5.92 Å². The van der Waals surface area contributed by atoms with Gasteiger partial charge in [-0.3, -0.25) is 4.79 Å². The fourth-order valence-electron chi connectivity index (χ4n) is 0.399. The van der Waals surface area contributed by atoms with Crippen LogP contribution in [0.3, 0.4) is 0 Å². The summed E-state index contributed by atoms with van der Waals surface area (Å²) in [7, 11) is 0. The molecule has 0 rings (SSSR count). The summed E-state index contributed by atoms with van der Waals surface area (Å²) in [6.45, 7) is 6.92. The molecule has 11 heavy (non-hydrogen) atoms. The van der Waals surface area contributed by atoms with E-state index in [0.717, 1.165) is 0 Å². The van der Waals surface area contributed by atoms with Gasteiger partial charge in [-0.25, -0.2) is 0 Å². The minimum atomic E-state index is -0.776. The molecule has 0 aliphatic rings. The van der Waals surface area contributed by atoms with Crippen LogP contribution in [-0.2, 0) is 9.53 Å². The van der Waals surface area contributed by atoms with Crippen molar-refractivity contribution in [2.75, 3.05) is 0 Å². The van der Waals surface area contributed by atoms with Crippen LogP contribution in [0.25, 0.3) is 0 Å². The summed E-state index contributed by atoms with van der Waals surface area (Å²) in [6.07, 6.45) is 5.13. The van der Waals surface area contributed by atoms with E-state index in [1.54, 1.807) is 27.7 Å². The number of terminal acetylenes is 1. The van der Waals surface area contributed by atoms with Crippen molar-refractivity contribution < 1.29 is 9.53 Å². The smallest absolute Gasteiger partial charge is 0.309 e.